The highest BCUT2D eigenvalue weighted by Gasteiger charge is 2.26. The van der Waals surface area contributed by atoms with Crippen molar-refractivity contribution in [3.05, 3.63) is 0 Å². The van der Waals surface area contributed by atoms with Crippen LogP contribution in [0, 0.1) is 5.92 Å². The zero-order valence-corrected chi connectivity index (χ0v) is 13.2. The predicted octanol–water partition coefficient (Wildman–Crippen LogP) is 1.76. The highest BCUT2D eigenvalue weighted by Crippen LogP contribution is 2.23. The molecule has 4 nitrogen and oxygen atoms in total. The van der Waals surface area contributed by atoms with Gasteiger partial charge in [-0.2, -0.15) is 0 Å². The second kappa shape index (κ2) is 7.99. The van der Waals surface area contributed by atoms with Crippen molar-refractivity contribution >= 4 is 5.91 Å². The van der Waals surface area contributed by atoms with E-state index in [1.165, 1.54) is 25.7 Å². The molecule has 0 spiro atoms. The molecule has 1 saturated carbocycles. The zero-order chi connectivity index (χ0) is 14.4. The Kier molecular flexibility index (Phi) is 6.30. The molecule has 0 aromatic heterocycles. The van der Waals surface area contributed by atoms with Gasteiger partial charge in [-0.05, 0) is 44.7 Å². The van der Waals surface area contributed by atoms with E-state index in [-0.39, 0.29) is 5.91 Å². The molecule has 2 rings (SSSR count). The lowest BCUT2D eigenvalue weighted by molar-refractivity contribution is -0.124. The summed E-state index contributed by atoms with van der Waals surface area (Å²) in [6, 6.07) is 0.950. The monoisotopic (exact) mass is 281 g/mol. The van der Waals surface area contributed by atoms with Gasteiger partial charge in [0.2, 0.25) is 5.91 Å². The van der Waals surface area contributed by atoms with Crippen LogP contribution in [0.25, 0.3) is 0 Å². The number of carbonyl (C=O) groups excluding carboxylic acids is 1. The third-order valence-electron chi connectivity index (χ3n) is 4.87. The number of nitrogens with one attached hydrogen (secondary N) is 2. The van der Waals surface area contributed by atoms with E-state index in [0.717, 1.165) is 32.5 Å². The van der Waals surface area contributed by atoms with Crippen molar-refractivity contribution < 1.29 is 4.79 Å². The Bertz CT molecular complexity index is 302. The fourth-order valence-electron chi connectivity index (χ4n) is 3.60. The minimum absolute atomic E-state index is 0.226. The van der Waals surface area contributed by atoms with Gasteiger partial charge in [-0.3, -0.25) is 9.69 Å². The number of carbonyl (C=O) groups is 1. The van der Waals surface area contributed by atoms with Crippen LogP contribution < -0.4 is 10.6 Å². The topological polar surface area (TPSA) is 44.4 Å². The van der Waals surface area contributed by atoms with Gasteiger partial charge >= 0.3 is 0 Å². The summed E-state index contributed by atoms with van der Waals surface area (Å²) in [5.41, 5.74) is 0. The molecular weight excluding hydrogens is 250 g/mol. The molecule has 0 bridgehead atoms. The summed E-state index contributed by atoms with van der Waals surface area (Å²) < 4.78 is 0. The van der Waals surface area contributed by atoms with Crippen molar-refractivity contribution in [1.82, 2.24) is 15.5 Å². The van der Waals surface area contributed by atoms with Crippen molar-refractivity contribution in [1.29, 1.82) is 0 Å². The minimum Gasteiger partial charge on any atom is -0.352 e. The summed E-state index contributed by atoms with van der Waals surface area (Å²) in [7, 11) is 0. The summed E-state index contributed by atoms with van der Waals surface area (Å²) in [4.78, 5) is 14.7. The molecule has 1 aliphatic carbocycles. The first-order chi connectivity index (χ1) is 9.70. The van der Waals surface area contributed by atoms with Gasteiger partial charge in [0.15, 0.2) is 0 Å². The molecule has 20 heavy (non-hydrogen) atoms. The quantitative estimate of drug-likeness (QED) is 0.780. The number of amides is 1. The first kappa shape index (κ1) is 15.8. The maximum atomic E-state index is 12.3. The summed E-state index contributed by atoms with van der Waals surface area (Å²) in [5, 5.41) is 6.68. The summed E-state index contributed by atoms with van der Waals surface area (Å²) in [6.45, 7) is 8.19. The Morgan fingerprint density at radius 1 is 1.30 bits per heavy atom. The number of hydrogen-bond donors (Lipinski definition) is 2. The molecule has 2 fully saturated rings. The Morgan fingerprint density at radius 3 is 2.75 bits per heavy atom. The average molecular weight is 281 g/mol. The largest absolute Gasteiger partial charge is 0.352 e. The van der Waals surface area contributed by atoms with Crippen LogP contribution in [-0.2, 0) is 4.79 Å². The van der Waals surface area contributed by atoms with Gasteiger partial charge in [0.1, 0.15) is 0 Å². The normalized spacial score (nSPS) is 30.6. The first-order valence-electron chi connectivity index (χ1n) is 8.44. The van der Waals surface area contributed by atoms with E-state index in [2.05, 4.69) is 29.4 Å². The van der Waals surface area contributed by atoms with E-state index in [1.54, 1.807) is 0 Å². The molecule has 2 N–H and O–H groups in total. The number of rotatable bonds is 6. The van der Waals surface area contributed by atoms with Gasteiger partial charge in [0, 0.05) is 18.6 Å². The molecule has 4 heteroatoms. The van der Waals surface area contributed by atoms with Gasteiger partial charge in [-0.1, -0.05) is 26.7 Å². The fraction of sp³-hybridized carbons (Fsp3) is 0.938. The zero-order valence-electron chi connectivity index (χ0n) is 13.2. The predicted molar refractivity (Wildman–Crippen MR) is 82.7 cm³/mol. The molecule has 0 aromatic rings. The van der Waals surface area contributed by atoms with Gasteiger partial charge in [0.05, 0.1) is 6.54 Å². The maximum absolute atomic E-state index is 12.3. The van der Waals surface area contributed by atoms with Gasteiger partial charge in [-0.15, -0.1) is 0 Å². The third kappa shape index (κ3) is 4.45. The van der Waals surface area contributed by atoms with E-state index >= 15 is 0 Å². The van der Waals surface area contributed by atoms with Crippen LogP contribution in [-0.4, -0.2) is 49.1 Å². The van der Waals surface area contributed by atoms with Crippen LogP contribution in [0.2, 0.25) is 0 Å². The molecular formula is C16H31N3O. The molecule has 1 heterocycles. The summed E-state index contributed by atoms with van der Waals surface area (Å²) in [6.07, 6.45) is 7.29. The number of nitrogens with zero attached hydrogens (tertiary/aromatic N) is 1. The van der Waals surface area contributed by atoms with Crippen LogP contribution >= 0.6 is 0 Å². The second-order valence-electron chi connectivity index (χ2n) is 6.55. The standard InChI is InChI=1S/C16H31N3O/c1-3-10-19(14-8-9-17-11-14)12-16(20)18-15-7-5-4-6-13(15)2/h13-15,17H,3-12H2,1-2H3,(H,18,20). The van der Waals surface area contributed by atoms with E-state index in [9.17, 15) is 4.79 Å². The molecule has 1 amide bonds. The Balaban J connectivity index is 1.81. The Labute approximate surface area is 123 Å². The molecule has 0 radical (unpaired) electrons. The highest BCUT2D eigenvalue weighted by atomic mass is 16.2. The van der Waals surface area contributed by atoms with E-state index < -0.39 is 0 Å². The van der Waals surface area contributed by atoms with Crippen LogP contribution in [0.15, 0.2) is 0 Å². The maximum Gasteiger partial charge on any atom is 0.234 e. The SMILES string of the molecule is CCCN(CC(=O)NC1CCCCC1C)C1CCNC1. The summed E-state index contributed by atoms with van der Waals surface area (Å²) >= 11 is 0. The Morgan fingerprint density at radius 2 is 2.10 bits per heavy atom. The molecule has 116 valence electrons. The molecule has 3 unspecified atom stereocenters. The van der Waals surface area contributed by atoms with Crippen LogP contribution in [0.5, 0.6) is 0 Å². The first-order valence-corrected chi connectivity index (χ1v) is 8.44. The average Bonchev–Trinajstić information content (AvgIpc) is 2.95. The van der Waals surface area contributed by atoms with E-state index in [0.29, 0.717) is 24.5 Å². The molecule has 1 saturated heterocycles. The third-order valence-corrected chi connectivity index (χ3v) is 4.87. The van der Waals surface area contributed by atoms with Crippen LogP contribution in [0.1, 0.15) is 52.4 Å². The second-order valence-corrected chi connectivity index (χ2v) is 6.55. The summed E-state index contributed by atoms with van der Waals surface area (Å²) in [5.74, 6) is 0.865. The molecule has 1 aliphatic heterocycles. The van der Waals surface area contributed by atoms with Crippen molar-refractivity contribution in [3.63, 3.8) is 0 Å². The smallest absolute Gasteiger partial charge is 0.234 e. The van der Waals surface area contributed by atoms with Crippen molar-refractivity contribution in [3.8, 4) is 0 Å². The van der Waals surface area contributed by atoms with Gasteiger partial charge < -0.3 is 10.6 Å². The van der Waals surface area contributed by atoms with Gasteiger partial charge in [0.25, 0.3) is 0 Å². The van der Waals surface area contributed by atoms with Crippen molar-refractivity contribution in [2.24, 2.45) is 5.92 Å². The number of hydrogen-bond acceptors (Lipinski definition) is 3. The van der Waals surface area contributed by atoms with Crippen LogP contribution in [0.4, 0.5) is 0 Å². The molecule has 0 aromatic carbocycles. The van der Waals surface area contributed by atoms with Crippen LogP contribution in [0.3, 0.4) is 0 Å². The van der Waals surface area contributed by atoms with Gasteiger partial charge in [-0.25, -0.2) is 0 Å². The lowest BCUT2D eigenvalue weighted by Crippen LogP contribution is -2.48. The van der Waals surface area contributed by atoms with E-state index in [1.807, 2.05) is 0 Å². The Hall–Kier alpha value is -0.610. The minimum atomic E-state index is 0.226. The lowest BCUT2D eigenvalue weighted by atomic mass is 9.86. The fourth-order valence-corrected chi connectivity index (χ4v) is 3.60. The molecule has 2 aliphatic rings. The van der Waals surface area contributed by atoms with E-state index in [4.69, 9.17) is 0 Å². The van der Waals surface area contributed by atoms with Crippen molar-refractivity contribution in [2.45, 2.75) is 64.5 Å². The highest BCUT2D eigenvalue weighted by molar-refractivity contribution is 5.78. The van der Waals surface area contributed by atoms with Crippen molar-refractivity contribution in [2.75, 3.05) is 26.2 Å². The molecule has 3 atom stereocenters. The lowest BCUT2D eigenvalue weighted by Gasteiger charge is -2.32.